The van der Waals surface area contributed by atoms with Crippen molar-refractivity contribution in [1.82, 2.24) is 0 Å². The summed E-state index contributed by atoms with van der Waals surface area (Å²) in [6.45, 7) is 14.0. The first kappa shape index (κ1) is 16.3. The van der Waals surface area contributed by atoms with Crippen molar-refractivity contribution in [3.63, 3.8) is 0 Å². The fraction of sp³-hybridized carbons (Fsp3) is 0.692. The summed E-state index contributed by atoms with van der Waals surface area (Å²) in [4.78, 5) is 0. The number of rotatable bonds is 12. The minimum Gasteiger partial charge on any atom is -0.375 e. The van der Waals surface area contributed by atoms with E-state index in [0.717, 1.165) is 0 Å². The summed E-state index contributed by atoms with van der Waals surface area (Å²) in [7, 11) is 0. The summed E-state index contributed by atoms with van der Waals surface area (Å²) in [5.41, 5.74) is 0. The predicted octanol–water partition coefficient (Wildman–Crippen LogP) is 2.16. The van der Waals surface area contributed by atoms with Crippen LogP contribution in [-0.4, -0.2) is 45.4 Å². The third kappa shape index (κ3) is 11.6. The molecule has 0 amide bonds. The van der Waals surface area contributed by atoms with Gasteiger partial charge in [0.25, 0.3) is 0 Å². The quantitative estimate of drug-likeness (QED) is 0.299. The second-order valence-electron chi connectivity index (χ2n) is 3.82. The van der Waals surface area contributed by atoms with Gasteiger partial charge < -0.3 is 18.9 Å². The monoisotopic (exact) mass is 244 g/mol. The SMILES string of the molecule is C=CCOCCOC(C)(C)OCCOCC=C. The van der Waals surface area contributed by atoms with Crippen LogP contribution in [0.2, 0.25) is 0 Å². The second-order valence-corrected chi connectivity index (χ2v) is 3.82. The minimum atomic E-state index is -0.616. The summed E-state index contributed by atoms with van der Waals surface area (Å²) in [5, 5.41) is 0. The molecule has 0 aromatic carbocycles. The molecule has 100 valence electrons. The molecule has 0 aromatic heterocycles. The van der Waals surface area contributed by atoms with E-state index in [1.165, 1.54) is 0 Å². The van der Waals surface area contributed by atoms with Gasteiger partial charge in [0.15, 0.2) is 5.79 Å². The van der Waals surface area contributed by atoms with Crippen LogP contribution >= 0.6 is 0 Å². The van der Waals surface area contributed by atoms with Crippen molar-refractivity contribution in [3.05, 3.63) is 25.3 Å². The molecule has 4 nitrogen and oxygen atoms in total. The molecule has 0 heterocycles. The Bertz CT molecular complexity index is 182. The lowest BCUT2D eigenvalue weighted by Gasteiger charge is -2.25. The molecule has 0 atom stereocenters. The molecule has 0 bridgehead atoms. The fourth-order valence-electron chi connectivity index (χ4n) is 1.07. The Hall–Kier alpha value is -0.680. The van der Waals surface area contributed by atoms with E-state index in [-0.39, 0.29) is 0 Å². The van der Waals surface area contributed by atoms with Gasteiger partial charge in [0.1, 0.15) is 0 Å². The molecule has 0 rings (SSSR count). The first-order valence-electron chi connectivity index (χ1n) is 5.77. The zero-order valence-electron chi connectivity index (χ0n) is 10.9. The molecule has 4 heteroatoms. The highest BCUT2D eigenvalue weighted by Gasteiger charge is 2.18. The molecule has 0 saturated carbocycles. The van der Waals surface area contributed by atoms with Gasteiger partial charge in [-0.05, 0) is 13.8 Å². The van der Waals surface area contributed by atoms with Crippen molar-refractivity contribution < 1.29 is 18.9 Å². The van der Waals surface area contributed by atoms with E-state index in [2.05, 4.69) is 13.2 Å². The van der Waals surface area contributed by atoms with Gasteiger partial charge in [-0.15, -0.1) is 13.2 Å². The van der Waals surface area contributed by atoms with E-state index in [0.29, 0.717) is 39.6 Å². The van der Waals surface area contributed by atoms with E-state index in [9.17, 15) is 0 Å². The van der Waals surface area contributed by atoms with Gasteiger partial charge in [0.05, 0.1) is 39.6 Å². The molecule has 0 aliphatic rings. The summed E-state index contributed by atoms with van der Waals surface area (Å²) in [5.74, 6) is -0.616. The average molecular weight is 244 g/mol. The summed E-state index contributed by atoms with van der Waals surface area (Å²) < 4.78 is 21.5. The lowest BCUT2D eigenvalue weighted by atomic mass is 10.4. The Morgan fingerprint density at radius 3 is 1.59 bits per heavy atom. The molecule has 17 heavy (non-hydrogen) atoms. The normalized spacial score (nSPS) is 11.4. The fourth-order valence-corrected chi connectivity index (χ4v) is 1.07. The van der Waals surface area contributed by atoms with E-state index in [4.69, 9.17) is 18.9 Å². The van der Waals surface area contributed by atoms with Gasteiger partial charge in [-0.1, -0.05) is 12.2 Å². The van der Waals surface area contributed by atoms with Crippen LogP contribution in [0.5, 0.6) is 0 Å². The average Bonchev–Trinajstić information content (AvgIpc) is 2.28. The lowest BCUT2D eigenvalue weighted by molar-refractivity contribution is -0.222. The van der Waals surface area contributed by atoms with Gasteiger partial charge in [-0.2, -0.15) is 0 Å². The van der Waals surface area contributed by atoms with Gasteiger partial charge in [0, 0.05) is 0 Å². The third-order valence-corrected chi connectivity index (χ3v) is 1.83. The number of hydrogen-bond donors (Lipinski definition) is 0. The van der Waals surface area contributed by atoms with Crippen LogP contribution in [0.1, 0.15) is 13.8 Å². The van der Waals surface area contributed by atoms with Crippen LogP contribution in [-0.2, 0) is 18.9 Å². The zero-order chi connectivity index (χ0) is 13.0. The van der Waals surface area contributed by atoms with Crippen molar-refractivity contribution in [2.75, 3.05) is 39.6 Å². The Morgan fingerprint density at radius 1 is 0.824 bits per heavy atom. The zero-order valence-corrected chi connectivity index (χ0v) is 10.9. The Balaban J connectivity index is 3.44. The largest absolute Gasteiger partial charge is 0.375 e. The van der Waals surface area contributed by atoms with Gasteiger partial charge >= 0.3 is 0 Å². The summed E-state index contributed by atoms with van der Waals surface area (Å²) >= 11 is 0. The van der Waals surface area contributed by atoms with Crippen molar-refractivity contribution in [1.29, 1.82) is 0 Å². The van der Waals surface area contributed by atoms with Crippen molar-refractivity contribution in [2.45, 2.75) is 19.6 Å². The molecule has 0 unspecified atom stereocenters. The Morgan fingerprint density at radius 2 is 1.24 bits per heavy atom. The van der Waals surface area contributed by atoms with Gasteiger partial charge in [-0.3, -0.25) is 0 Å². The first-order valence-corrected chi connectivity index (χ1v) is 5.77. The molecule has 0 N–H and O–H groups in total. The van der Waals surface area contributed by atoms with E-state index < -0.39 is 5.79 Å². The second kappa shape index (κ2) is 10.5. The molecule has 0 saturated heterocycles. The molecule has 0 aromatic rings. The molecule has 0 spiro atoms. The van der Waals surface area contributed by atoms with Crippen LogP contribution < -0.4 is 0 Å². The molecule has 0 radical (unpaired) electrons. The van der Waals surface area contributed by atoms with Gasteiger partial charge in [0.2, 0.25) is 0 Å². The van der Waals surface area contributed by atoms with Crippen molar-refractivity contribution in [2.24, 2.45) is 0 Å². The molecule has 0 fully saturated rings. The molecule has 0 aliphatic carbocycles. The lowest BCUT2D eigenvalue weighted by Crippen LogP contribution is -2.31. The van der Waals surface area contributed by atoms with E-state index in [1.54, 1.807) is 12.2 Å². The van der Waals surface area contributed by atoms with Crippen molar-refractivity contribution >= 4 is 0 Å². The smallest absolute Gasteiger partial charge is 0.162 e. The van der Waals surface area contributed by atoms with Gasteiger partial charge in [-0.25, -0.2) is 0 Å². The maximum atomic E-state index is 5.53. The minimum absolute atomic E-state index is 0.494. The first-order chi connectivity index (χ1) is 8.12. The highest BCUT2D eigenvalue weighted by Crippen LogP contribution is 2.10. The maximum Gasteiger partial charge on any atom is 0.162 e. The molecule has 0 aliphatic heterocycles. The van der Waals surface area contributed by atoms with Crippen LogP contribution in [0.4, 0.5) is 0 Å². The van der Waals surface area contributed by atoms with E-state index in [1.807, 2.05) is 13.8 Å². The maximum absolute atomic E-state index is 5.53. The number of hydrogen-bond acceptors (Lipinski definition) is 4. The Kier molecular flexibility index (Phi) is 10.1. The van der Waals surface area contributed by atoms with Crippen LogP contribution in [0.3, 0.4) is 0 Å². The Labute approximate surface area is 104 Å². The highest BCUT2D eigenvalue weighted by molar-refractivity contribution is 4.64. The third-order valence-electron chi connectivity index (χ3n) is 1.83. The predicted molar refractivity (Wildman–Crippen MR) is 68.0 cm³/mol. The number of ether oxygens (including phenoxy) is 4. The molecular weight excluding hydrogens is 220 g/mol. The van der Waals surface area contributed by atoms with E-state index >= 15 is 0 Å². The standard InChI is InChI=1S/C13H24O4/c1-5-7-14-9-11-16-13(3,4)17-12-10-15-8-6-2/h5-6H,1-2,7-12H2,3-4H3. The van der Waals surface area contributed by atoms with Crippen LogP contribution in [0.15, 0.2) is 25.3 Å². The highest BCUT2D eigenvalue weighted by atomic mass is 16.7. The van der Waals surface area contributed by atoms with Crippen molar-refractivity contribution in [3.8, 4) is 0 Å². The van der Waals surface area contributed by atoms with Crippen LogP contribution in [0, 0.1) is 0 Å². The topological polar surface area (TPSA) is 36.9 Å². The van der Waals surface area contributed by atoms with Crippen LogP contribution in [0.25, 0.3) is 0 Å². The summed E-state index contributed by atoms with van der Waals surface area (Å²) in [6, 6.07) is 0. The summed E-state index contributed by atoms with van der Waals surface area (Å²) in [6.07, 6.45) is 3.41. The molecular formula is C13H24O4.